The van der Waals surface area contributed by atoms with Crippen molar-refractivity contribution in [3.8, 4) is 5.75 Å². The van der Waals surface area contributed by atoms with E-state index in [9.17, 15) is 14.0 Å². The number of benzene rings is 1. The van der Waals surface area contributed by atoms with Crippen molar-refractivity contribution in [3.05, 3.63) is 47.8 Å². The highest BCUT2D eigenvalue weighted by Crippen LogP contribution is 2.22. The van der Waals surface area contributed by atoms with Gasteiger partial charge >= 0.3 is 0 Å². The van der Waals surface area contributed by atoms with Crippen molar-refractivity contribution in [2.24, 2.45) is 0 Å². The average Bonchev–Trinajstić information content (AvgIpc) is 3.20. The molecule has 2 aliphatic heterocycles. The first kappa shape index (κ1) is 20.3. The lowest BCUT2D eigenvalue weighted by molar-refractivity contribution is -0.155. The molecule has 160 valence electrons. The van der Waals surface area contributed by atoms with Crippen LogP contribution in [0.5, 0.6) is 5.75 Å². The smallest absolute Gasteiger partial charge is 0.271 e. The summed E-state index contributed by atoms with van der Waals surface area (Å²) in [5.41, 5.74) is 0.492. The summed E-state index contributed by atoms with van der Waals surface area (Å²) in [4.78, 5) is 35.7. The number of ether oxygens (including phenoxy) is 2. The Balaban J connectivity index is 1.29. The van der Waals surface area contributed by atoms with Crippen LogP contribution in [0.1, 0.15) is 29.2 Å². The van der Waals surface area contributed by atoms with E-state index in [1.165, 1.54) is 12.1 Å². The number of hydrogen-bond donors (Lipinski definition) is 1. The Morgan fingerprint density at radius 1 is 1.30 bits per heavy atom. The highest BCUT2D eigenvalue weighted by molar-refractivity contribution is 5.92. The molecule has 3 heterocycles. The Kier molecular flexibility index (Phi) is 5.98. The second kappa shape index (κ2) is 8.83. The molecule has 30 heavy (non-hydrogen) atoms. The van der Waals surface area contributed by atoms with Gasteiger partial charge in [0.2, 0.25) is 5.91 Å². The van der Waals surface area contributed by atoms with Gasteiger partial charge in [-0.15, -0.1) is 0 Å². The standard InChI is InChI=1S/C21H25FN4O4/c1-14-23-10-19(24-14)21(28)25-8-6-16(7-9-25)26-11-18(30-13-20(26)27)12-29-17-4-2-15(22)3-5-17/h2-5,10,16,18H,6-9,11-13H2,1H3,(H,23,24). The molecule has 0 bridgehead atoms. The van der Waals surface area contributed by atoms with Gasteiger partial charge in [0.15, 0.2) is 0 Å². The first-order chi connectivity index (χ1) is 14.5. The van der Waals surface area contributed by atoms with E-state index in [4.69, 9.17) is 9.47 Å². The van der Waals surface area contributed by atoms with Crippen LogP contribution in [0, 0.1) is 12.7 Å². The number of aromatic amines is 1. The Labute approximate surface area is 174 Å². The Hall–Kier alpha value is -2.94. The molecule has 4 rings (SSSR count). The van der Waals surface area contributed by atoms with Gasteiger partial charge in [0.1, 0.15) is 42.4 Å². The molecule has 0 spiro atoms. The molecule has 0 saturated carbocycles. The number of aromatic nitrogens is 2. The van der Waals surface area contributed by atoms with E-state index >= 15 is 0 Å². The number of morpholine rings is 1. The minimum Gasteiger partial charge on any atom is -0.491 e. The fourth-order valence-corrected chi connectivity index (χ4v) is 3.90. The summed E-state index contributed by atoms with van der Waals surface area (Å²) >= 11 is 0. The summed E-state index contributed by atoms with van der Waals surface area (Å²) in [7, 11) is 0. The SMILES string of the molecule is Cc1ncc(C(=O)N2CCC(N3CC(COc4ccc(F)cc4)OCC3=O)CC2)[nH]1. The maximum Gasteiger partial charge on any atom is 0.271 e. The van der Waals surface area contributed by atoms with Crippen molar-refractivity contribution in [2.75, 3.05) is 32.8 Å². The molecule has 2 fully saturated rings. The number of carbonyl (C=O) groups is 2. The molecule has 2 aromatic rings. The quantitative estimate of drug-likeness (QED) is 0.803. The number of likely N-dealkylation sites (tertiary alicyclic amines) is 1. The lowest BCUT2D eigenvalue weighted by atomic mass is 10.0. The molecular weight excluding hydrogens is 391 g/mol. The molecule has 0 radical (unpaired) electrons. The largest absolute Gasteiger partial charge is 0.491 e. The minimum atomic E-state index is -0.319. The number of carbonyl (C=O) groups excluding carboxylic acids is 2. The molecule has 2 aliphatic rings. The maximum absolute atomic E-state index is 13.0. The van der Waals surface area contributed by atoms with E-state index in [0.29, 0.717) is 36.9 Å². The van der Waals surface area contributed by atoms with Crippen LogP contribution in [0.4, 0.5) is 4.39 Å². The molecule has 9 heteroatoms. The maximum atomic E-state index is 13.0. The van der Waals surface area contributed by atoms with Crippen LogP contribution < -0.4 is 4.74 Å². The second-order valence-electron chi connectivity index (χ2n) is 7.65. The number of rotatable bonds is 5. The third-order valence-electron chi connectivity index (χ3n) is 5.54. The van der Waals surface area contributed by atoms with Gasteiger partial charge in [0.05, 0.1) is 12.7 Å². The zero-order chi connectivity index (χ0) is 21.1. The summed E-state index contributed by atoms with van der Waals surface area (Å²) in [6.45, 7) is 3.73. The second-order valence-corrected chi connectivity index (χ2v) is 7.65. The number of piperidine rings is 1. The highest BCUT2D eigenvalue weighted by atomic mass is 19.1. The number of halogens is 1. The van der Waals surface area contributed by atoms with Gasteiger partial charge in [0.25, 0.3) is 5.91 Å². The van der Waals surface area contributed by atoms with Crippen molar-refractivity contribution in [1.82, 2.24) is 19.8 Å². The first-order valence-corrected chi connectivity index (χ1v) is 10.1. The van der Waals surface area contributed by atoms with Crippen LogP contribution in [0.2, 0.25) is 0 Å². The van der Waals surface area contributed by atoms with Gasteiger partial charge < -0.3 is 24.3 Å². The minimum absolute atomic E-state index is 0.0179. The molecule has 1 N–H and O–H groups in total. The third kappa shape index (κ3) is 4.62. The van der Waals surface area contributed by atoms with E-state index < -0.39 is 0 Å². The van der Waals surface area contributed by atoms with Gasteiger partial charge in [-0.3, -0.25) is 9.59 Å². The molecular formula is C21H25FN4O4. The average molecular weight is 416 g/mol. The summed E-state index contributed by atoms with van der Waals surface area (Å²) in [6.07, 6.45) is 2.74. The number of amides is 2. The van der Waals surface area contributed by atoms with Crippen molar-refractivity contribution < 1.29 is 23.5 Å². The topological polar surface area (TPSA) is 87.8 Å². The lowest BCUT2D eigenvalue weighted by Crippen LogP contribution is -2.55. The van der Waals surface area contributed by atoms with Crippen LogP contribution in [0.3, 0.4) is 0 Å². The predicted molar refractivity (Wildman–Crippen MR) is 106 cm³/mol. The number of imidazole rings is 1. The van der Waals surface area contributed by atoms with Crippen LogP contribution in [0.15, 0.2) is 30.5 Å². The normalized spacial score (nSPS) is 20.5. The van der Waals surface area contributed by atoms with Gasteiger partial charge in [-0.2, -0.15) is 0 Å². The van der Waals surface area contributed by atoms with Crippen molar-refractivity contribution >= 4 is 11.8 Å². The fraction of sp³-hybridized carbons (Fsp3) is 0.476. The molecule has 0 aliphatic carbocycles. The first-order valence-electron chi connectivity index (χ1n) is 10.1. The molecule has 1 aromatic carbocycles. The van der Waals surface area contributed by atoms with E-state index in [1.807, 2.05) is 11.8 Å². The van der Waals surface area contributed by atoms with Crippen LogP contribution in [-0.4, -0.2) is 76.6 Å². The molecule has 1 unspecified atom stereocenters. The number of nitrogens with zero attached hydrogens (tertiary/aromatic N) is 3. The van der Waals surface area contributed by atoms with Gasteiger partial charge in [-0.25, -0.2) is 9.37 Å². The predicted octanol–water partition coefficient (Wildman–Crippen LogP) is 1.77. The number of nitrogens with one attached hydrogen (secondary N) is 1. The van der Waals surface area contributed by atoms with E-state index in [2.05, 4.69) is 9.97 Å². The molecule has 1 aromatic heterocycles. The van der Waals surface area contributed by atoms with Crippen molar-refractivity contribution in [2.45, 2.75) is 31.9 Å². The molecule has 1 atom stereocenters. The van der Waals surface area contributed by atoms with Crippen LogP contribution in [-0.2, 0) is 9.53 Å². The summed E-state index contributed by atoms with van der Waals surface area (Å²) in [5.74, 6) is 0.848. The number of H-pyrrole nitrogens is 1. The van der Waals surface area contributed by atoms with Crippen LogP contribution in [0.25, 0.3) is 0 Å². The third-order valence-corrected chi connectivity index (χ3v) is 5.54. The van der Waals surface area contributed by atoms with Gasteiger partial charge in [-0.1, -0.05) is 0 Å². The van der Waals surface area contributed by atoms with E-state index in [-0.39, 0.29) is 43.0 Å². The van der Waals surface area contributed by atoms with Gasteiger partial charge in [-0.05, 0) is 44.0 Å². The Morgan fingerprint density at radius 2 is 2.03 bits per heavy atom. The lowest BCUT2D eigenvalue weighted by Gasteiger charge is -2.42. The zero-order valence-corrected chi connectivity index (χ0v) is 16.8. The van der Waals surface area contributed by atoms with Crippen molar-refractivity contribution in [3.63, 3.8) is 0 Å². The Morgan fingerprint density at radius 3 is 2.70 bits per heavy atom. The van der Waals surface area contributed by atoms with E-state index in [1.54, 1.807) is 23.2 Å². The fourth-order valence-electron chi connectivity index (χ4n) is 3.90. The summed E-state index contributed by atoms with van der Waals surface area (Å²) < 4.78 is 24.3. The zero-order valence-electron chi connectivity index (χ0n) is 16.8. The molecule has 2 saturated heterocycles. The van der Waals surface area contributed by atoms with E-state index in [0.717, 1.165) is 12.8 Å². The number of hydrogen-bond acceptors (Lipinski definition) is 5. The molecule has 2 amide bonds. The summed E-state index contributed by atoms with van der Waals surface area (Å²) in [5, 5.41) is 0. The molecule has 8 nitrogen and oxygen atoms in total. The number of aryl methyl sites for hydroxylation is 1. The Bertz CT molecular complexity index is 893. The highest BCUT2D eigenvalue weighted by Gasteiger charge is 2.35. The van der Waals surface area contributed by atoms with Gasteiger partial charge in [0, 0.05) is 19.1 Å². The van der Waals surface area contributed by atoms with Crippen LogP contribution >= 0.6 is 0 Å². The van der Waals surface area contributed by atoms with Crippen molar-refractivity contribution in [1.29, 1.82) is 0 Å². The summed E-state index contributed by atoms with van der Waals surface area (Å²) in [6, 6.07) is 5.88. The monoisotopic (exact) mass is 416 g/mol.